The van der Waals surface area contributed by atoms with Gasteiger partial charge in [-0.3, -0.25) is 0 Å². The molecule has 1 fully saturated rings. The predicted molar refractivity (Wildman–Crippen MR) is 102 cm³/mol. The molecule has 1 saturated carbocycles. The summed E-state index contributed by atoms with van der Waals surface area (Å²) in [7, 11) is 0. The average molecular weight is 388 g/mol. The number of nitrogens with zero attached hydrogens (tertiary/aromatic N) is 2. The van der Waals surface area contributed by atoms with Crippen molar-refractivity contribution < 1.29 is 14.5 Å². The molecule has 2 unspecified atom stereocenters. The third kappa shape index (κ3) is 3.68. The quantitative estimate of drug-likeness (QED) is 0.337. The first-order valence-electron chi connectivity index (χ1n) is 8.67. The Morgan fingerprint density at radius 2 is 2.15 bits per heavy atom. The van der Waals surface area contributed by atoms with Crippen molar-refractivity contribution in [3.8, 4) is 0 Å². The number of imidazole rings is 1. The maximum absolute atomic E-state index is 12.3. The first-order valence-corrected chi connectivity index (χ1v) is 9.08. The highest BCUT2D eigenvalue weighted by Gasteiger charge is 2.50. The topological polar surface area (TPSA) is 124 Å². The van der Waals surface area contributed by atoms with Crippen molar-refractivity contribution in [2.24, 2.45) is 11.7 Å². The fraction of sp³-hybridized carbons (Fsp3) is 0.389. The summed E-state index contributed by atoms with van der Waals surface area (Å²) in [5.41, 5.74) is 5.69. The minimum Gasteiger partial charge on any atom is -0.462 e. The van der Waals surface area contributed by atoms with E-state index in [-0.39, 0.29) is 23.3 Å². The normalized spacial score (nSPS) is 22.1. The minimum absolute atomic E-state index is 0.111. The number of hydrogen-bond acceptors (Lipinski definition) is 6. The van der Waals surface area contributed by atoms with Gasteiger partial charge in [-0.2, -0.15) is 0 Å². The van der Waals surface area contributed by atoms with Gasteiger partial charge in [0, 0.05) is 5.92 Å². The van der Waals surface area contributed by atoms with Gasteiger partial charge in [-0.1, -0.05) is 43.3 Å². The second-order valence-corrected chi connectivity index (χ2v) is 7.06. The van der Waals surface area contributed by atoms with E-state index >= 15 is 0 Å². The first kappa shape index (κ1) is 19.0. The summed E-state index contributed by atoms with van der Waals surface area (Å²) in [4.78, 5) is 29.9. The number of H-pyrrole nitrogens is 1. The number of benzene rings is 1. The van der Waals surface area contributed by atoms with Gasteiger partial charge in [0.15, 0.2) is 0 Å². The number of aromatic nitrogens is 2. The molecule has 3 N–H and O–H groups in total. The second kappa shape index (κ2) is 7.83. The Labute approximate surface area is 161 Å². The number of hydrogen-bond donors (Lipinski definition) is 2. The highest BCUT2D eigenvalue weighted by atomic mass is 32.1. The molecule has 2 atom stereocenters. The molecule has 0 amide bonds. The van der Waals surface area contributed by atoms with Gasteiger partial charge in [-0.15, -0.1) is 0 Å². The average Bonchev–Trinajstić information content (AvgIpc) is 3.17. The molecule has 8 nitrogen and oxygen atoms in total. The maximum Gasteiger partial charge on any atom is 0.340 e. The molecule has 3 rings (SSSR count). The number of rotatable bonds is 6. The minimum atomic E-state index is -0.862. The lowest BCUT2D eigenvalue weighted by Crippen LogP contribution is -2.50. The van der Waals surface area contributed by atoms with Crippen LogP contribution in [-0.4, -0.2) is 32.5 Å². The van der Waals surface area contributed by atoms with E-state index in [1.807, 2.05) is 6.07 Å². The molecule has 9 heteroatoms. The molecule has 1 aliphatic rings. The van der Waals surface area contributed by atoms with Gasteiger partial charge in [-0.05, 0) is 29.9 Å². The zero-order valence-corrected chi connectivity index (χ0v) is 15.4. The van der Waals surface area contributed by atoms with Crippen molar-refractivity contribution in [3.05, 3.63) is 58.0 Å². The fourth-order valence-corrected chi connectivity index (χ4v) is 4.05. The van der Waals surface area contributed by atoms with Crippen molar-refractivity contribution in [2.75, 3.05) is 6.61 Å². The van der Waals surface area contributed by atoms with Crippen molar-refractivity contribution >= 4 is 29.0 Å². The first-order chi connectivity index (χ1) is 12.9. The summed E-state index contributed by atoms with van der Waals surface area (Å²) < 4.78 is 5.52. The van der Waals surface area contributed by atoms with E-state index in [1.54, 1.807) is 24.3 Å². The van der Waals surface area contributed by atoms with Crippen LogP contribution in [0.5, 0.6) is 0 Å². The summed E-state index contributed by atoms with van der Waals surface area (Å²) in [6.07, 6.45) is 4.28. The molecule has 0 radical (unpaired) electrons. The predicted octanol–water partition coefficient (Wildman–Crippen LogP) is 2.89. The molecule has 0 saturated heterocycles. The van der Waals surface area contributed by atoms with Crippen molar-refractivity contribution in [3.63, 3.8) is 0 Å². The van der Waals surface area contributed by atoms with E-state index in [1.165, 1.54) is 0 Å². The Bertz CT molecular complexity index is 854. The number of carbonyl (C=O) groups is 1. The fourth-order valence-electron chi connectivity index (χ4n) is 3.69. The number of ether oxygens (including phenoxy) is 1. The van der Waals surface area contributed by atoms with E-state index in [0.29, 0.717) is 17.8 Å². The SMILES string of the molecule is NC(=S)C1(c2ncc([N+](=O)[O-])[nH]2)CCCCC1COC(=O)c1ccccc1. The Morgan fingerprint density at radius 3 is 2.78 bits per heavy atom. The molecule has 0 aliphatic heterocycles. The maximum atomic E-state index is 12.3. The van der Waals surface area contributed by atoms with Crippen LogP contribution >= 0.6 is 12.2 Å². The van der Waals surface area contributed by atoms with Gasteiger partial charge in [0.1, 0.15) is 11.6 Å². The van der Waals surface area contributed by atoms with Crippen LogP contribution < -0.4 is 5.73 Å². The third-order valence-electron chi connectivity index (χ3n) is 5.12. The molecule has 2 aromatic rings. The largest absolute Gasteiger partial charge is 0.462 e. The van der Waals surface area contributed by atoms with Crippen LogP contribution in [0.2, 0.25) is 0 Å². The van der Waals surface area contributed by atoms with Crippen molar-refractivity contribution in [2.45, 2.75) is 31.1 Å². The van der Waals surface area contributed by atoms with Gasteiger partial charge in [0.05, 0.1) is 17.2 Å². The molecular weight excluding hydrogens is 368 g/mol. The highest BCUT2D eigenvalue weighted by Crippen LogP contribution is 2.43. The smallest absolute Gasteiger partial charge is 0.340 e. The number of carbonyl (C=O) groups excluding carboxylic acids is 1. The van der Waals surface area contributed by atoms with E-state index < -0.39 is 16.3 Å². The number of nitro groups is 1. The Hall–Kier alpha value is -2.81. The Balaban J connectivity index is 1.85. The van der Waals surface area contributed by atoms with Crippen LogP contribution in [0.25, 0.3) is 0 Å². The van der Waals surface area contributed by atoms with Crippen LogP contribution in [0.4, 0.5) is 5.82 Å². The third-order valence-corrected chi connectivity index (χ3v) is 5.48. The van der Waals surface area contributed by atoms with Gasteiger partial charge in [-0.25, -0.2) is 14.8 Å². The Kier molecular flexibility index (Phi) is 5.50. The number of nitrogens with two attached hydrogens (primary N) is 1. The molecule has 1 aliphatic carbocycles. The molecule has 27 heavy (non-hydrogen) atoms. The molecule has 1 aromatic heterocycles. The summed E-state index contributed by atoms with van der Waals surface area (Å²) in [5, 5.41) is 11.0. The van der Waals surface area contributed by atoms with Crippen molar-refractivity contribution in [1.29, 1.82) is 0 Å². The molecule has 1 heterocycles. The summed E-state index contributed by atoms with van der Waals surface area (Å²) in [6, 6.07) is 8.70. The van der Waals surface area contributed by atoms with Crippen molar-refractivity contribution in [1.82, 2.24) is 9.97 Å². The van der Waals surface area contributed by atoms with E-state index in [9.17, 15) is 14.9 Å². The van der Waals surface area contributed by atoms with Crippen LogP contribution in [0.15, 0.2) is 36.5 Å². The zero-order valence-electron chi connectivity index (χ0n) is 14.6. The molecule has 1 aromatic carbocycles. The van der Waals surface area contributed by atoms with Crippen LogP contribution in [0, 0.1) is 16.0 Å². The van der Waals surface area contributed by atoms with Crippen LogP contribution in [0.3, 0.4) is 0 Å². The summed E-state index contributed by atoms with van der Waals surface area (Å²) in [6.45, 7) is 0.111. The molecule has 0 bridgehead atoms. The standard InChI is InChI=1S/C18H20N4O4S/c19-16(27)18(17-20-10-14(21-17)22(24)25)9-5-4-8-13(18)11-26-15(23)12-6-2-1-3-7-12/h1-3,6-7,10,13H,4-5,8-9,11H2,(H2,19,27)(H,20,21). The van der Waals surface area contributed by atoms with Gasteiger partial charge in [0.2, 0.25) is 5.82 Å². The monoisotopic (exact) mass is 388 g/mol. The number of nitrogens with one attached hydrogen (secondary N) is 1. The number of aromatic amines is 1. The molecular formula is C18H20N4O4S. The molecule has 0 spiro atoms. The van der Waals surface area contributed by atoms with E-state index in [2.05, 4.69) is 9.97 Å². The number of esters is 1. The van der Waals surface area contributed by atoms with Crippen LogP contribution in [-0.2, 0) is 10.2 Å². The highest BCUT2D eigenvalue weighted by molar-refractivity contribution is 7.80. The van der Waals surface area contributed by atoms with Gasteiger partial charge in [0.25, 0.3) is 0 Å². The van der Waals surface area contributed by atoms with E-state index in [4.69, 9.17) is 22.7 Å². The zero-order chi connectivity index (χ0) is 19.4. The second-order valence-electron chi connectivity index (χ2n) is 6.62. The lowest BCUT2D eigenvalue weighted by atomic mass is 9.65. The Morgan fingerprint density at radius 1 is 1.41 bits per heavy atom. The lowest BCUT2D eigenvalue weighted by Gasteiger charge is -2.40. The summed E-state index contributed by atoms with van der Waals surface area (Å²) in [5.74, 6) is -0.487. The number of thiocarbonyl (C=S) groups is 1. The van der Waals surface area contributed by atoms with Crippen LogP contribution in [0.1, 0.15) is 41.9 Å². The van der Waals surface area contributed by atoms with Gasteiger partial charge < -0.3 is 20.6 Å². The lowest BCUT2D eigenvalue weighted by molar-refractivity contribution is -0.389. The van der Waals surface area contributed by atoms with Gasteiger partial charge >= 0.3 is 11.8 Å². The van der Waals surface area contributed by atoms with E-state index in [0.717, 1.165) is 25.5 Å². The summed E-state index contributed by atoms with van der Waals surface area (Å²) >= 11 is 5.34. The molecule has 142 valence electrons.